The molecule has 2 aromatic rings. The molecule has 1 atom stereocenters. The highest BCUT2D eigenvalue weighted by atomic mass is 32.1. The van der Waals surface area contributed by atoms with Gasteiger partial charge >= 0.3 is 6.09 Å². The van der Waals surface area contributed by atoms with Crippen molar-refractivity contribution in [2.75, 3.05) is 20.2 Å². The summed E-state index contributed by atoms with van der Waals surface area (Å²) in [4.78, 5) is 13.6. The van der Waals surface area contributed by atoms with Crippen molar-refractivity contribution < 1.29 is 9.53 Å². The lowest BCUT2D eigenvalue weighted by Gasteiger charge is -2.16. The van der Waals surface area contributed by atoms with Crippen LogP contribution in [0.1, 0.15) is 12.0 Å². The summed E-state index contributed by atoms with van der Waals surface area (Å²) in [5, 5.41) is 7.13. The normalized spacial score (nSPS) is 18.3. The second-order valence-corrected chi connectivity index (χ2v) is 6.35. The van der Waals surface area contributed by atoms with Gasteiger partial charge in [-0.2, -0.15) is 11.3 Å². The number of rotatable bonds is 4. The summed E-state index contributed by atoms with van der Waals surface area (Å²) >= 11 is 1.72. The van der Waals surface area contributed by atoms with Crippen LogP contribution in [0.3, 0.4) is 0 Å². The monoisotopic (exact) mass is 316 g/mol. The molecule has 1 N–H and O–H groups in total. The van der Waals surface area contributed by atoms with Crippen molar-refractivity contribution in [1.82, 2.24) is 10.2 Å². The first-order valence-corrected chi connectivity index (χ1v) is 8.37. The molecule has 116 valence electrons. The summed E-state index contributed by atoms with van der Waals surface area (Å²) in [5.41, 5.74) is 3.84. The lowest BCUT2D eigenvalue weighted by molar-refractivity contribution is 0.166. The number of ether oxygens (including phenoxy) is 1. The van der Waals surface area contributed by atoms with Crippen LogP contribution in [0.25, 0.3) is 11.1 Å². The Morgan fingerprint density at radius 2 is 2.14 bits per heavy atom. The molecule has 1 aromatic carbocycles. The van der Waals surface area contributed by atoms with Crippen LogP contribution in [0, 0.1) is 0 Å². The Labute approximate surface area is 134 Å². The summed E-state index contributed by atoms with van der Waals surface area (Å²) < 4.78 is 4.65. The second kappa shape index (κ2) is 6.94. The molecule has 1 amide bonds. The first-order chi connectivity index (χ1) is 10.7. The molecule has 22 heavy (non-hydrogen) atoms. The van der Waals surface area contributed by atoms with E-state index in [2.05, 4.69) is 56.0 Å². The molecule has 0 aliphatic carbocycles. The summed E-state index contributed by atoms with van der Waals surface area (Å²) in [6, 6.07) is 11.1. The fraction of sp³-hybridized carbons (Fsp3) is 0.353. The summed E-state index contributed by atoms with van der Waals surface area (Å²) in [6.45, 7) is 2.80. The van der Waals surface area contributed by atoms with Crippen molar-refractivity contribution in [2.24, 2.45) is 0 Å². The zero-order chi connectivity index (χ0) is 15.4. The van der Waals surface area contributed by atoms with Gasteiger partial charge in [-0.25, -0.2) is 4.79 Å². The average molecular weight is 316 g/mol. The third kappa shape index (κ3) is 3.67. The second-order valence-electron chi connectivity index (χ2n) is 5.57. The van der Waals surface area contributed by atoms with Gasteiger partial charge in [0, 0.05) is 25.7 Å². The Balaban J connectivity index is 1.55. The van der Waals surface area contributed by atoms with Crippen LogP contribution in [0.15, 0.2) is 41.1 Å². The van der Waals surface area contributed by atoms with Gasteiger partial charge in [0.15, 0.2) is 0 Å². The lowest BCUT2D eigenvalue weighted by Crippen LogP contribution is -2.36. The smallest absolute Gasteiger partial charge is 0.407 e. The van der Waals surface area contributed by atoms with E-state index in [0.717, 1.165) is 26.1 Å². The van der Waals surface area contributed by atoms with Gasteiger partial charge in [0.25, 0.3) is 0 Å². The van der Waals surface area contributed by atoms with E-state index in [4.69, 9.17) is 0 Å². The highest BCUT2D eigenvalue weighted by Gasteiger charge is 2.23. The molecule has 0 spiro atoms. The molecule has 1 aliphatic heterocycles. The van der Waals surface area contributed by atoms with Gasteiger partial charge in [-0.3, -0.25) is 4.90 Å². The predicted octanol–water partition coefficient (Wildman–Crippen LogP) is 3.35. The maximum Gasteiger partial charge on any atom is 0.407 e. The fourth-order valence-corrected chi connectivity index (χ4v) is 3.47. The molecule has 0 radical (unpaired) electrons. The number of likely N-dealkylation sites (tertiary alicyclic amines) is 1. The van der Waals surface area contributed by atoms with Crippen LogP contribution >= 0.6 is 11.3 Å². The molecule has 1 aromatic heterocycles. The van der Waals surface area contributed by atoms with Crippen molar-refractivity contribution in [3.63, 3.8) is 0 Å². The average Bonchev–Trinajstić information content (AvgIpc) is 3.20. The highest BCUT2D eigenvalue weighted by Crippen LogP contribution is 2.23. The Hall–Kier alpha value is -1.85. The van der Waals surface area contributed by atoms with Gasteiger partial charge in [-0.05, 0) is 39.9 Å². The fourth-order valence-electron chi connectivity index (χ4n) is 2.81. The molecule has 1 fully saturated rings. The molecule has 3 rings (SSSR count). The van der Waals surface area contributed by atoms with E-state index in [1.54, 1.807) is 11.3 Å². The van der Waals surface area contributed by atoms with Crippen molar-refractivity contribution >= 4 is 17.4 Å². The maximum absolute atomic E-state index is 11.2. The number of hydrogen-bond acceptors (Lipinski definition) is 4. The molecule has 2 heterocycles. The molecule has 0 bridgehead atoms. The predicted molar refractivity (Wildman–Crippen MR) is 89.0 cm³/mol. The zero-order valence-electron chi connectivity index (χ0n) is 12.6. The number of alkyl carbamates (subject to hydrolysis) is 1. The van der Waals surface area contributed by atoms with Crippen LogP contribution in [-0.4, -0.2) is 37.2 Å². The largest absolute Gasteiger partial charge is 0.453 e. The van der Waals surface area contributed by atoms with Gasteiger partial charge in [-0.1, -0.05) is 24.3 Å². The van der Waals surface area contributed by atoms with Crippen molar-refractivity contribution in [2.45, 2.75) is 19.0 Å². The van der Waals surface area contributed by atoms with Crippen molar-refractivity contribution in [3.8, 4) is 11.1 Å². The van der Waals surface area contributed by atoms with Crippen molar-refractivity contribution in [3.05, 3.63) is 46.7 Å². The molecule has 1 saturated heterocycles. The molecular weight excluding hydrogens is 296 g/mol. The molecule has 1 unspecified atom stereocenters. The van der Waals surface area contributed by atoms with Crippen LogP contribution in [0.2, 0.25) is 0 Å². The van der Waals surface area contributed by atoms with E-state index in [0.29, 0.717) is 0 Å². The van der Waals surface area contributed by atoms with Gasteiger partial charge in [-0.15, -0.1) is 0 Å². The first kappa shape index (κ1) is 15.1. The number of thiophene rings is 1. The number of carbonyl (C=O) groups is 1. The number of carbonyl (C=O) groups excluding carboxylic acids is 1. The maximum atomic E-state index is 11.2. The Morgan fingerprint density at radius 3 is 2.82 bits per heavy atom. The minimum absolute atomic E-state index is 0.192. The Bertz CT molecular complexity index is 610. The zero-order valence-corrected chi connectivity index (χ0v) is 13.4. The van der Waals surface area contributed by atoms with Gasteiger partial charge < -0.3 is 10.1 Å². The molecule has 0 saturated carbocycles. The minimum Gasteiger partial charge on any atom is -0.453 e. The standard InChI is InChI=1S/C17H20N2O2S/c1-21-17(20)18-16-6-8-19(11-16)10-13-2-4-14(5-3-13)15-7-9-22-12-15/h2-5,7,9,12,16H,6,8,10-11H2,1H3,(H,18,20). The van der Waals surface area contributed by atoms with E-state index in [1.165, 1.54) is 23.8 Å². The molecule has 1 aliphatic rings. The van der Waals surface area contributed by atoms with Crippen LogP contribution in [0.5, 0.6) is 0 Å². The third-order valence-electron chi connectivity index (χ3n) is 3.99. The summed E-state index contributed by atoms with van der Waals surface area (Å²) in [6.07, 6.45) is 0.634. The summed E-state index contributed by atoms with van der Waals surface area (Å²) in [5.74, 6) is 0. The van der Waals surface area contributed by atoms with E-state index in [1.807, 2.05) is 0 Å². The van der Waals surface area contributed by atoms with E-state index < -0.39 is 0 Å². The van der Waals surface area contributed by atoms with Crippen LogP contribution in [0.4, 0.5) is 4.79 Å². The molecular formula is C17H20N2O2S. The SMILES string of the molecule is COC(=O)NC1CCN(Cc2ccc(-c3ccsc3)cc2)C1. The third-order valence-corrected chi connectivity index (χ3v) is 4.68. The number of benzene rings is 1. The minimum atomic E-state index is -0.341. The number of nitrogens with one attached hydrogen (secondary N) is 1. The summed E-state index contributed by atoms with van der Waals surface area (Å²) in [7, 11) is 1.40. The highest BCUT2D eigenvalue weighted by molar-refractivity contribution is 7.08. The number of amides is 1. The van der Waals surface area contributed by atoms with Crippen LogP contribution < -0.4 is 5.32 Å². The van der Waals surface area contributed by atoms with Crippen molar-refractivity contribution in [1.29, 1.82) is 0 Å². The topological polar surface area (TPSA) is 41.6 Å². The Kier molecular flexibility index (Phi) is 4.75. The number of methoxy groups -OCH3 is 1. The van der Waals surface area contributed by atoms with E-state index in [9.17, 15) is 4.79 Å². The Morgan fingerprint density at radius 1 is 1.32 bits per heavy atom. The first-order valence-electron chi connectivity index (χ1n) is 7.43. The quantitative estimate of drug-likeness (QED) is 0.940. The molecule has 5 heteroatoms. The van der Waals surface area contributed by atoms with Gasteiger partial charge in [0.05, 0.1) is 7.11 Å². The van der Waals surface area contributed by atoms with Gasteiger partial charge in [0.1, 0.15) is 0 Å². The van der Waals surface area contributed by atoms with Gasteiger partial charge in [0.2, 0.25) is 0 Å². The molecule has 4 nitrogen and oxygen atoms in total. The lowest BCUT2D eigenvalue weighted by atomic mass is 10.1. The number of hydrogen-bond donors (Lipinski definition) is 1. The number of nitrogens with zero attached hydrogens (tertiary/aromatic N) is 1. The van der Waals surface area contributed by atoms with Crippen LogP contribution in [-0.2, 0) is 11.3 Å². The van der Waals surface area contributed by atoms with E-state index in [-0.39, 0.29) is 12.1 Å². The van der Waals surface area contributed by atoms with E-state index >= 15 is 0 Å².